The predicted molar refractivity (Wildman–Crippen MR) is 128 cm³/mol. The molecule has 2 atom stereocenters. The van der Waals surface area contributed by atoms with Crippen LogP contribution < -0.4 is 10.2 Å². The van der Waals surface area contributed by atoms with Gasteiger partial charge in [0.25, 0.3) is 0 Å². The number of piperidine rings is 1. The lowest BCUT2D eigenvalue weighted by atomic mass is 9.92. The monoisotopic (exact) mass is 464 g/mol. The van der Waals surface area contributed by atoms with Crippen molar-refractivity contribution < 1.29 is 9.59 Å². The Morgan fingerprint density at radius 1 is 1.18 bits per heavy atom. The third-order valence-corrected chi connectivity index (χ3v) is 6.33. The Balaban J connectivity index is 0.00000306. The van der Waals surface area contributed by atoms with Crippen molar-refractivity contribution in [1.29, 1.82) is 5.26 Å². The van der Waals surface area contributed by atoms with Gasteiger partial charge in [-0.2, -0.15) is 5.26 Å². The molecule has 2 amide bonds. The fourth-order valence-corrected chi connectivity index (χ4v) is 4.57. The third kappa shape index (κ3) is 4.98. The third-order valence-electron chi connectivity index (χ3n) is 6.33. The summed E-state index contributed by atoms with van der Waals surface area (Å²) >= 11 is 0. The quantitative estimate of drug-likeness (QED) is 0.428. The van der Waals surface area contributed by atoms with Crippen LogP contribution in [0.3, 0.4) is 0 Å². The highest BCUT2D eigenvalue weighted by Crippen LogP contribution is 2.32. The summed E-state index contributed by atoms with van der Waals surface area (Å²) in [7, 11) is 0. The maximum atomic E-state index is 13.5. The lowest BCUT2D eigenvalue weighted by molar-refractivity contribution is -0.143. The van der Waals surface area contributed by atoms with Crippen LogP contribution in [-0.2, 0) is 22.6 Å². The number of aromatic nitrogens is 2. The summed E-state index contributed by atoms with van der Waals surface area (Å²) in [6.07, 6.45) is 5.51. The van der Waals surface area contributed by atoms with E-state index >= 15 is 0 Å². The molecule has 0 saturated carbocycles. The number of benzene rings is 2. The molecule has 3 aromatic rings. The number of amides is 2. The molecule has 1 saturated heterocycles. The molecular weight excluding hydrogens is 438 g/mol. The molecule has 1 aromatic heterocycles. The van der Waals surface area contributed by atoms with E-state index in [4.69, 9.17) is 11.0 Å². The molecule has 2 unspecified atom stereocenters. The summed E-state index contributed by atoms with van der Waals surface area (Å²) in [6.45, 7) is 1.81. The number of nitriles is 1. The van der Waals surface area contributed by atoms with Gasteiger partial charge in [0.1, 0.15) is 5.69 Å². The van der Waals surface area contributed by atoms with Crippen LogP contribution in [0, 0.1) is 17.2 Å². The second-order valence-electron chi connectivity index (χ2n) is 8.26. The van der Waals surface area contributed by atoms with Crippen molar-refractivity contribution in [2.45, 2.75) is 25.8 Å². The Bertz CT molecular complexity index is 1150. The zero-order valence-electron chi connectivity index (χ0n) is 18.3. The van der Waals surface area contributed by atoms with Crippen LogP contribution >= 0.6 is 12.4 Å². The van der Waals surface area contributed by atoms with E-state index in [2.05, 4.69) is 15.6 Å². The summed E-state index contributed by atoms with van der Waals surface area (Å²) in [6, 6.07) is 19.3. The molecule has 0 aliphatic carbocycles. The molecule has 1 aliphatic rings. The van der Waals surface area contributed by atoms with Crippen LogP contribution in [0.2, 0.25) is 0 Å². The number of imidazole rings is 1. The molecule has 4 rings (SSSR count). The fourth-order valence-electron chi connectivity index (χ4n) is 4.57. The maximum Gasteiger partial charge on any atom is 0.331 e. The number of carbonyl (C=O) groups excluding carboxylic acids is 2. The van der Waals surface area contributed by atoms with E-state index < -0.39 is 11.8 Å². The van der Waals surface area contributed by atoms with E-state index in [0.29, 0.717) is 38.0 Å². The molecule has 170 valence electrons. The second-order valence-corrected chi connectivity index (χ2v) is 8.26. The molecule has 1 aliphatic heterocycles. The summed E-state index contributed by atoms with van der Waals surface area (Å²) in [5.74, 6) is -1.42. The van der Waals surface area contributed by atoms with E-state index in [1.165, 1.54) is 0 Å². The first-order valence-electron chi connectivity index (χ1n) is 10.8. The van der Waals surface area contributed by atoms with Gasteiger partial charge in [0.15, 0.2) is 5.92 Å². The minimum absolute atomic E-state index is 0. The number of carbonyl (C=O) groups is 2. The first kappa shape index (κ1) is 24.2. The average Bonchev–Trinajstić information content (AvgIpc) is 3.26. The second kappa shape index (κ2) is 10.4. The minimum Gasteiger partial charge on any atom is -0.369 e. The van der Waals surface area contributed by atoms with Gasteiger partial charge in [0, 0.05) is 24.9 Å². The highest BCUT2D eigenvalue weighted by Gasteiger charge is 2.48. The summed E-state index contributed by atoms with van der Waals surface area (Å²) in [4.78, 5) is 29.8. The number of quaternary nitrogens is 1. The highest BCUT2D eigenvalue weighted by molar-refractivity contribution is 6.05. The SMILES string of the molecule is Cl.N#Cc1ccc(Cn2cncc2CC[N+]2(c3ccccc3)CCCC(C(N)=O)C2=O)cc1. The number of likely N-dealkylation sites (tertiary alicyclic amines) is 1. The van der Waals surface area contributed by atoms with E-state index in [9.17, 15) is 9.59 Å². The maximum absolute atomic E-state index is 13.5. The molecule has 2 N–H and O–H groups in total. The fraction of sp³-hybridized carbons (Fsp3) is 0.280. The van der Waals surface area contributed by atoms with Gasteiger partial charge < -0.3 is 10.3 Å². The first-order valence-corrected chi connectivity index (χ1v) is 10.8. The lowest BCUT2D eigenvalue weighted by Gasteiger charge is -2.40. The van der Waals surface area contributed by atoms with Crippen LogP contribution in [0.5, 0.6) is 0 Å². The smallest absolute Gasteiger partial charge is 0.331 e. The molecule has 0 radical (unpaired) electrons. The van der Waals surface area contributed by atoms with Gasteiger partial charge in [-0.3, -0.25) is 4.79 Å². The zero-order valence-corrected chi connectivity index (χ0v) is 19.1. The molecule has 0 bridgehead atoms. The Hall–Kier alpha value is -3.47. The summed E-state index contributed by atoms with van der Waals surface area (Å²) < 4.78 is 2.18. The number of rotatable bonds is 7. The van der Waals surface area contributed by atoms with Crippen molar-refractivity contribution in [1.82, 2.24) is 14.0 Å². The summed E-state index contributed by atoms with van der Waals surface area (Å²) in [5.41, 5.74) is 9.17. The molecule has 2 aromatic carbocycles. The normalized spacial score (nSPS) is 20.0. The first-order chi connectivity index (χ1) is 15.5. The van der Waals surface area contributed by atoms with Gasteiger partial charge in [-0.1, -0.05) is 30.3 Å². The largest absolute Gasteiger partial charge is 0.369 e. The van der Waals surface area contributed by atoms with Crippen molar-refractivity contribution in [2.24, 2.45) is 11.7 Å². The Morgan fingerprint density at radius 3 is 2.58 bits per heavy atom. The van der Waals surface area contributed by atoms with Gasteiger partial charge in [0.05, 0.1) is 31.0 Å². The molecule has 0 spiro atoms. The predicted octanol–water partition coefficient (Wildman–Crippen LogP) is 3.20. The lowest BCUT2D eigenvalue weighted by Crippen LogP contribution is -2.62. The van der Waals surface area contributed by atoms with Crippen molar-refractivity contribution in [3.8, 4) is 6.07 Å². The van der Waals surface area contributed by atoms with Crippen LogP contribution in [0.4, 0.5) is 5.69 Å². The topological polar surface area (TPSA) is 102 Å². The van der Waals surface area contributed by atoms with Crippen molar-refractivity contribution in [3.05, 3.63) is 83.9 Å². The van der Waals surface area contributed by atoms with Crippen molar-refractivity contribution in [3.63, 3.8) is 0 Å². The van der Waals surface area contributed by atoms with Gasteiger partial charge in [-0.05, 0) is 42.7 Å². The zero-order chi connectivity index (χ0) is 22.6. The van der Waals surface area contributed by atoms with E-state index in [1.807, 2.05) is 48.7 Å². The van der Waals surface area contributed by atoms with Gasteiger partial charge in [0.2, 0.25) is 5.91 Å². The molecule has 1 fully saturated rings. The van der Waals surface area contributed by atoms with E-state index in [0.717, 1.165) is 23.4 Å². The number of halogens is 1. The summed E-state index contributed by atoms with van der Waals surface area (Å²) in [5, 5.41) is 8.99. The minimum atomic E-state index is -0.757. The van der Waals surface area contributed by atoms with Gasteiger partial charge in [-0.25, -0.2) is 14.3 Å². The molecule has 8 heteroatoms. The van der Waals surface area contributed by atoms with Gasteiger partial charge in [-0.15, -0.1) is 12.4 Å². The average molecular weight is 465 g/mol. The number of hydrogen-bond acceptors (Lipinski definition) is 4. The number of nitrogens with zero attached hydrogens (tertiary/aromatic N) is 4. The van der Waals surface area contributed by atoms with Crippen LogP contribution in [0.1, 0.15) is 29.7 Å². The number of primary amides is 1. The number of hydrogen-bond donors (Lipinski definition) is 1. The van der Waals surface area contributed by atoms with Crippen LogP contribution in [-0.4, -0.2) is 34.5 Å². The van der Waals surface area contributed by atoms with Crippen molar-refractivity contribution >= 4 is 29.9 Å². The van der Waals surface area contributed by atoms with Crippen molar-refractivity contribution in [2.75, 3.05) is 13.1 Å². The van der Waals surface area contributed by atoms with Gasteiger partial charge >= 0.3 is 5.91 Å². The number of nitrogens with two attached hydrogens (primary N) is 1. The van der Waals surface area contributed by atoms with Crippen LogP contribution in [0.25, 0.3) is 0 Å². The molecular formula is C25H27ClN5O2+. The Labute approximate surface area is 199 Å². The molecule has 33 heavy (non-hydrogen) atoms. The molecule has 7 nitrogen and oxygen atoms in total. The highest BCUT2D eigenvalue weighted by atomic mass is 35.5. The van der Waals surface area contributed by atoms with E-state index in [1.54, 1.807) is 18.5 Å². The van der Waals surface area contributed by atoms with E-state index in [-0.39, 0.29) is 22.8 Å². The molecule has 2 heterocycles. The Kier molecular flexibility index (Phi) is 7.64. The van der Waals surface area contributed by atoms with Crippen LogP contribution in [0.15, 0.2) is 67.1 Å². The number of para-hydroxylation sites is 1. The Morgan fingerprint density at radius 2 is 1.91 bits per heavy atom. The standard InChI is InChI=1S/C25H25N5O2.ClH/c26-15-19-8-10-20(11-9-19)17-29-18-28-16-21(29)12-14-30(22-5-2-1-3-6-22)13-4-7-23(24(27)31)25(30)32;/h1-3,5-6,8-11,16,18,23H,4,7,12-14,17H2,(H-,27,31);1H/p+1.